The van der Waals surface area contributed by atoms with Gasteiger partial charge < -0.3 is 9.47 Å². The summed E-state index contributed by atoms with van der Waals surface area (Å²) in [5.74, 6) is 1.57. The fourth-order valence-electron chi connectivity index (χ4n) is 10.2. The number of rotatable bonds is 7. The first-order valence-corrected chi connectivity index (χ1v) is 23.4. The molecule has 1 atom stereocenters. The smallest absolute Gasteiger partial charge is 0.184 e. The average molecular weight is 830 g/mol. The molecule has 0 radical (unpaired) electrons. The van der Waals surface area contributed by atoms with E-state index in [-0.39, 0.29) is 0 Å². The number of aryl methyl sites for hydroxylation is 1. The minimum atomic E-state index is -3.00. The highest BCUT2D eigenvalue weighted by atomic mass is 28.3. The minimum absolute atomic E-state index is 0.570. The molecule has 12 rings (SSSR count). The molecule has 5 nitrogen and oxygen atoms in total. The standard InChI is InChI=1S/C56H40FN5Si/c1-60-47-27-12-11-26-46(47)59-56(60)40-19-17-18-38(36-40)53(57)39-31-32-44-45-33-34-51-55(54(45)62(49(44)37-39)52-30-15-16-35-58-52)61(41-20-5-2-6-21-41)48-28-13-14-29-50(48)63(51,42-22-7-3-8-23-42)43-24-9-4-10-25-43/h2-37,53H,1H3. The molecule has 0 bridgehead atoms. The molecule has 0 amide bonds. The lowest BCUT2D eigenvalue weighted by Gasteiger charge is -2.45. The van der Waals surface area contributed by atoms with Gasteiger partial charge in [-0.25, -0.2) is 14.4 Å². The van der Waals surface area contributed by atoms with Gasteiger partial charge in [0.1, 0.15) is 11.6 Å². The normalized spacial score (nSPS) is 13.6. The fraction of sp³-hybridized carbons (Fsp3) is 0.0357. The van der Waals surface area contributed by atoms with Crippen LogP contribution in [-0.4, -0.2) is 27.2 Å². The first-order valence-electron chi connectivity index (χ1n) is 21.4. The van der Waals surface area contributed by atoms with Crippen molar-refractivity contribution in [2.24, 2.45) is 7.05 Å². The Morgan fingerprint density at radius 2 is 1.21 bits per heavy atom. The van der Waals surface area contributed by atoms with Crippen molar-refractivity contribution < 1.29 is 4.39 Å². The van der Waals surface area contributed by atoms with Crippen LogP contribution in [0.1, 0.15) is 17.3 Å². The number of hydrogen-bond acceptors (Lipinski definition) is 3. The average Bonchev–Trinajstić information content (AvgIpc) is 3.88. The molecule has 0 aliphatic carbocycles. The van der Waals surface area contributed by atoms with Crippen LogP contribution in [0.2, 0.25) is 0 Å². The minimum Gasteiger partial charge on any atom is -0.327 e. The number of anilines is 3. The molecule has 0 saturated carbocycles. The number of nitrogens with zero attached hydrogens (tertiary/aromatic N) is 5. The first-order chi connectivity index (χ1) is 31.1. The molecule has 11 aromatic rings. The molecule has 4 heterocycles. The molecule has 8 aromatic carbocycles. The van der Waals surface area contributed by atoms with Gasteiger partial charge in [0.05, 0.1) is 27.8 Å². The van der Waals surface area contributed by atoms with Gasteiger partial charge in [0.25, 0.3) is 0 Å². The van der Waals surface area contributed by atoms with Crippen LogP contribution in [0.5, 0.6) is 0 Å². The summed E-state index contributed by atoms with van der Waals surface area (Å²) in [6.07, 6.45) is 0.450. The maximum Gasteiger partial charge on any atom is 0.184 e. The SMILES string of the molecule is Cn1c(-c2cccc(C(F)c3ccc4c5ccc6c(c5n(-c5ccccn5)c4c3)N(c3ccccc3)c3ccccc3[Si]6(c3ccccc3)c3ccccc3)c2)nc2ccccc21. The van der Waals surface area contributed by atoms with Gasteiger partial charge in [-0.15, -0.1) is 0 Å². The topological polar surface area (TPSA) is 38.9 Å². The molecule has 3 aromatic heterocycles. The van der Waals surface area contributed by atoms with Crippen LogP contribution in [0.4, 0.5) is 21.5 Å². The summed E-state index contributed by atoms with van der Waals surface area (Å²) in [4.78, 5) is 12.4. The number of imidazole rings is 1. The van der Waals surface area contributed by atoms with Gasteiger partial charge in [-0.3, -0.25) is 4.57 Å². The molecule has 1 aliphatic heterocycles. The van der Waals surface area contributed by atoms with E-state index in [9.17, 15) is 0 Å². The molecule has 0 fully saturated rings. The van der Waals surface area contributed by atoms with Gasteiger partial charge in [-0.05, 0) is 86.5 Å². The summed E-state index contributed by atoms with van der Waals surface area (Å²) in [5, 5.41) is 7.31. The van der Waals surface area contributed by atoms with Crippen LogP contribution >= 0.6 is 0 Å². The van der Waals surface area contributed by atoms with Crippen molar-refractivity contribution in [3.8, 4) is 17.2 Å². The summed E-state index contributed by atoms with van der Waals surface area (Å²) in [6.45, 7) is 0. The van der Waals surface area contributed by atoms with E-state index < -0.39 is 14.2 Å². The van der Waals surface area contributed by atoms with Crippen LogP contribution in [0.15, 0.2) is 219 Å². The number of pyridine rings is 1. The lowest BCUT2D eigenvalue weighted by molar-refractivity contribution is 0.402. The quantitative estimate of drug-likeness (QED) is 0.150. The van der Waals surface area contributed by atoms with E-state index in [0.29, 0.717) is 11.1 Å². The first kappa shape index (κ1) is 36.9. The highest BCUT2D eigenvalue weighted by Crippen LogP contribution is 2.46. The predicted octanol–water partition coefficient (Wildman–Crippen LogP) is 11.0. The third kappa shape index (κ3) is 5.60. The van der Waals surface area contributed by atoms with Crippen molar-refractivity contribution in [1.82, 2.24) is 19.1 Å². The van der Waals surface area contributed by atoms with Crippen LogP contribution in [0, 0.1) is 0 Å². The summed E-state index contributed by atoms with van der Waals surface area (Å²) in [7, 11) is -0.994. The maximum atomic E-state index is 17.3. The number of hydrogen-bond donors (Lipinski definition) is 0. The number of aromatic nitrogens is 4. The van der Waals surface area contributed by atoms with Crippen LogP contribution in [0.3, 0.4) is 0 Å². The zero-order chi connectivity index (χ0) is 42.1. The molecule has 0 spiro atoms. The van der Waals surface area contributed by atoms with Crippen molar-refractivity contribution in [3.05, 3.63) is 230 Å². The number of benzene rings is 8. The van der Waals surface area contributed by atoms with Gasteiger partial charge >= 0.3 is 0 Å². The lowest BCUT2D eigenvalue weighted by atomic mass is 9.99. The van der Waals surface area contributed by atoms with Gasteiger partial charge in [-0.2, -0.15) is 0 Å². The van der Waals surface area contributed by atoms with Gasteiger partial charge in [-0.1, -0.05) is 158 Å². The zero-order valence-electron chi connectivity index (χ0n) is 34.5. The molecule has 300 valence electrons. The number of alkyl halides is 1. The highest BCUT2D eigenvalue weighted by Gasteiger charge is 2.50. The monoisotopic (exact) mass is 829 g/mol. The molecule has 7 heteroatoms. The van der Waals surface area contributed by atoms with Crippen molar-refractivity contribution in [2.75, 3.05) is 4.90 Å². The number of para-hydroxylation sites is 4. The van der Waals surface area contributed by atoms with Crippen molar-refractivity contribution >= 4 is 78.7 Å². The van der Waals surface area contributed by atoms with E-state index in [1.54, 1.807) is 0 Å². The Kier molecular flexibility index (Phi) is 8.59. The Morgan fingerprint density at radius 1 is 0.540 bits per heavy atom. The second-order valence-corrected chi connectivity index (χ2v) is 20.0. The van der Waals surface area contributed by atoms with E-state index in [2.05, 4.69) is 160 Å². The van der Waals surface area contributed by atoms with Crippen molar-refractivity contribution in [1.29, 1.82) is 0 Å². The second-order valence-electron chi connectivity index (χ2n) is 16.3. The Balaban J connectivity index is 1.15. The molecule has 1 aliphatic rings. The lowest BCUT2D eigenvalue weighted by Crippen LogP contribution is -2.77. The molecule has 0 saturated heterocycles. The molecular formula is C56H40FN5Si. The summed E-state index contributed by atoms with van der Waals surface area (Å²) in [5.41, 5.74) is 9.19. The van der Waals surface area contributed by atoms with Gasteiger partial charge in [0.2, 0.25) is 0 Å². The fourth-order valence-corrected chi connectivity index (χ4v) is 15.3. The zero-order valence-corrected chi connectivity index (χ0v) is 35.5. The van der Waals surface area contributed by atoms with E-state index in [1.807, 2.05) is 80.0 Å². The van der Waals surface area contributed by atoms with E-state index in [0.717, 1.165) is 67.1 Å². The predicted molar refractivity (Wildman–Crippen MR) is 260 cm³/mol. The number of fused-ring (bicyclic) bond motifs is 7. The second kappa shape index (κ2) is 14.6. The van der Waals surface area contributed by atoms with E-state index in [4.69, 9.17) is 9.97 Å². The Morgan fingerprint density at radius 3 is 1.95 bits per heavy atom. The van der Waals surface area contributed by atoms with E-state index in [1.165, 1.54) is 20.7 Å². The Hall–Kier alpha value is -7.87. The highest BCUT2D eigenvalue weighted by molar-refractivity contribution is 7.21. The summed E-state index contributed by atoms with van der Waals surface area (Å²) < 4.78 is 21.7. The maximum absolute atomic E-state index is 17.3. The molecule has 1 unspecified atom stereocenters. The Bertz CT molecular complexity index is 3460. The van der Waals surface area contributed by atoms with Crippen LogP contribution in [0.25, 0.3) is 50.0 Å². The van der Waals surface area contributed by atoms with Gasteiger partial charge in [0, 0.05) is 41.0 Å². The van der Waals surface area contributed by atoms with Crippen molar-refractivity contribution in [2.45, 2.75) is 6.17 Å². The molecule has 0 N–H and O–H groups in total. The third-order valence-corrected chi connectivity index (χ3v) is 17.8. The van der Waals surface area contributed by atoms with Crippen LogP contribution < -0.4 is 25.6 Å². The summed E-state index contributed by atoms with van der Waals surface area (Å²) in [6, 6.07) is 74.4. The third-order valence-electron chi connectivity index (χ3n) is 12.9. The molecular weight excluding hydrogens is 790 g/mol. The molecule has 63 heavy (non-hydrogen) atoms. The Labute approximate surface area is 365 Å². The number of halogens is 1. The largest absolute Gasteiger partial charge is 0.327 e. The van der Waals surface area contributed by atoms with Gasteiger partial charge in [0.15, 0.2) is 14.2 Å². The summed E-state index contributed by atoms with van der Waals surface area (Å²) >= 11 is 0. The van der Waals surface area contributed by atoms with E-state index >= 15 is 4.39 Å². The van der Waals surface area contributed by atoms with Crippen molar-refractivity contribution in [3.63, 3.8) is 0 Å². The van der Waals surface area contributed by atoms with Crippen LogP contribution in [-0.2, 0) is 7.05 Å².